The van der Waals surface area contributed by atoms with Gasteiger partial charge in [-0.05, 0) is 70.6 Å². The van der Waals surface area contributed by atoms with Gasteiger partial charge in [0.1, 0.15) is 13.2 Å². The summed E-state index contributed by atoms with van der Waals surface area (Å²) in [5.41, 5.74) is 0. The number of hydrogen-bond acceptors (Lipinski definition) is 5. The van der Waals surface area contributed by atoms with E-state index < -0.39 is 20.0 Å². The third-order valence-corrected chi connectivity index (χ3v) is 12.2. The van der Waals surface area contributed by atoms with Crippen molar-refractivity contribution in [3.05, 3.63) is 48.6 Å². The van der Waals surface area contributed by atoms with Crippen LogP contribution in [0, 0.1) is 0 Å². The van der Waals surface area contributed by atoms with Crippen LogP contribution >= 0.6 is 7.82 Å². The van der Waals surface area contributed by atoms with Crippen molar-refractivity contribution in [3.63, 3.8) is 0 Å². The fourth-order valence-corrected chi connectivity index (χ4v) is 7.92. The van der Waals surface area contributed by atoms with Crippen LogP contribution in [0.1, 0.15) is 226 Å². The summed E-state index contributed by atoms with van der Waals surface area (Å²) in [7, 11) is 1.54. The van der Waals surface area contributed by atoms with E-state index >= 15 is 0 Å². The lowest BCUT2D eigenvalue weighted by Gasteiger charge is -2.25. The monoisotopic (exact) mass is 880 g/mol. The number of unbranched alkanes of at least 4 members (excludes halogenated alkanes) is 27. The van der Waals surface area contributed by atoms with Gasteiger partial charge in [-0.2, -0.15) is 0 Å². The van der Waals surface area contributed by atoms with Gasteiger partial charge in [0.2, 0.25) is 5.91 Å². The molecule has 0 aliphatic carbocycles. The second kappa shape index (κ2) is 43.7. The van der Waals surface area contributed by atoms with Gasteiger partial charge in [0.25, 0.3) is 0 Å². The first-order valence-electron chi connectivity index (χ1n) is 25.5. The molecule has 61 heavy (non-hydrogen) atoms. The molecule has 1 amide bonds. The molecule has 0 aromatic rings. The molecule has 0 radical (unpaired) electrons. The Hall–Kier alpha value is -1.54. The predicted molar refractivity (Wildman–Crippen MR) is 263 cm³/mol. The number of rotatable bonds is 46. The average Bonchev–Trinajstić information content (AvgIpc) is 3.21. The van der Waals surface area contributed by atoms with E-state index in [2.05, 4.69) is 55.6 Å². The van der Waals surface area contributed by atoms with Crippen molar-refractivity contribution < 1.29 is 32.9 Å². The molecule has 0 spiro atoms. The van der Waals surface area contributed by atoms with Gasteiger partial charge >= 0.3 is 7.82 Å². The molecular formula is C52H100N2O6P+. The first kappa shape index (κ1) is 59.5. The second-order valence-corrected chi connectivity index (χ2v) is 20.0. The summed E-state index contributed by atoms with van der Waals surface area (Å²) in [5.74, 6) is -0.195. The summed E-state index contributed by atoms with van der Waals surface area (Å²) in [6.07, 6.45) is 56.3. The molecular weight excluding hydrogens is 780 g/mol. The van der Waals surface area contributed by atoms with E-state index in [0.29, 0.717) is 17.4 Å². The number of hydrogen-bond donors (Lipinski definition) is 3. The number of aliphatic hydroxyl groups excluding tert-OH is 1. The highest BCUT2D eigenvalue weighted by molar-refractivity contribution is 7.47. The molecule has 3 atom stereocenters. The van der Waals surface area contributed by atoms with Crippen LogP contribution in [0.15, 0.2) is 48.6 Å². The first-order valence-corrected chi connectivity index (χ1v) is 27.0. The van der Waals surface area contributed by atoms with Crippen LogP contribution in [0.3, 0.4) is 0 Å². The van der Waals surface area contributed by atoms with Crippen molar-refractivity contribution >= 4 is 13.7 Å². The molecule has 8 nitrogen and oxygen atoms in total. The molecule has 0 aromatic carbocycles. The maximum atomic E-state index is 12.9. The Bertz CT molecular complexity index is 1130. The van der Waals surface area contributed by atoms with E-state index in [1.807, 2.05) is 27.2 Å². The van der Waals surface area contributed by atoms with Crippen LogP contribution in [0.4, 0.5) is 0 Å². The number of quaternary nitrogens is 1. The maximum Gasteiger partial charge on any atom is 0.472 e. The number of nitrogens with zero attached hydrogens (tertiary/aromatic N) is 1. The van der Waals surface area contributed by atoms with Crippen molar-refractivity contribution in [2.75, 3.05) is 40.9 Å². The quantitative estimate of drug-likeness (QED) is 0.0243. The lowest BCUT2D eigenvalue weighted by molar-refractivity contribution is -0.870. The highest BCUT2D eigenvalue weighted by Gasteiger charge is 2.27. The zero-order valence-electron chi connectivity index (χ0n) is 40.7. The minimum Gasteiger partial charge on any atom is -0.387 e. The van der Waals surface area contributed by atoms with Gasteiger partial charge in [-0.1, -0.05) is 197 Å². The Morgan fingerprint density at radius 2 is 0.902 bits per heavy atom. The average molecular weight is 880 g/mol. The zero-order chi connectivity index (χ0) is 45.0. The van der Waals surface area contributed by atoms with Crippen molar-refractivity contribution in [1.29, 1.82) is 0 Å². The molecule has 0 aliphatic heterocycles. The number of amides is 1. The Morgan fingerprint density at radius 1 is 0.541 bits per heavy atom. The fourth-order valence-electron chi connectivity index (χ4n) is 7.19. The molecule has 3 N–H and O–H groups in total. The van der Waals surface area contributed by atoms with Crippen molar-refractivity contribution in [3.8, 4) is 0 Å². The van der Waals surface area contributed by atoms with Crippen LogP contribution < -0.4 is 5.32 Å². The highest BCUT2D eigenvalue weighted by Crippen LogP contribution is 2.43. The number of allylic oxidation sites excluding steroid dienone is 7. The third kappa shape index (κ3) is 46.3. The molecule has 0 saturated heterocycles. The third-order valence-electron chi connectivity index (χ3n) is 11.2. The SMILES string of the molecule is CCCCCCCC/C=C/CC/C=C/CC/C=C/C(O)C(COP(=O)(O)OCC[N+](C)(C)C)NC(=O)CCCCCCCCC/C=C\CCCCCCCCCCCCCC. The fraction of sp³-hybridized carbons (Fsp3) is 0.827. The van der Waals surface area contributed by atoms with Gasteiger partial charge in [-0.3, -0.25) is 13.8 Å². The minimum atomic E-state index is -4.35. The van der Waals surface area contributed by atoms with Crippen molar-refractivity contribution in [2.45, 2.75) is 238 Å². The van der Waals surface area contributed by atoms with E-state index in [-0.39, 0.29) is 19.1 Å². The molecule has 0 bridgehead atoms. The molecule has 0 saturated carbocycles. The summed E-state index contributed by atoms with van der Waals surface area (Å²) in [4.78, 5) is 23.2. The molecule has 0 aromatic heterocycles. The van der Waals surface area contributed by atoms with Gasteiger partial charge < -0.3 is 19.8 Å². The molecule has 358 valence electrons. The number of likely N-dealkylation sites (N-methyl/N-ethyl adjacent to an activating group) is 1. The number of aliphatic hydroxyl groups is 1. The largest absolute Gasteiger partial charge is 0.472 e. The first-order chi connectivity index (χ1) is 29.5. The van der Waals surface area contributed by atoms with Crippen LogP contribution in [0.25, 0.3) is 0 Å². The predicted octanol–water partition coefficient (Wildman–Crippen LogP) is 14.8. The van der Waals surface area contributed by atoms with E-state index in [0.717, 1.165) is 44.9 Å². The van der Waals surface area contributed by atoms with Gasteiger partial charge in [-0.15, -0.1) is 0 Å². The molecule has 3 unspecified atom stereocenters. The number of carbonyl (C=O) groups is 1. The van der Waals surface area contributed by atoms with Crippen LogP contribution in [0.2, 0.25) is 0 Å². The van der Waals surface area contributed by atoms with Gasteiger partial charge in [-0.25, -0.2) is 4.57 Å². The number of phosphoric acid groups is 1. The van der Waals surface area contributed by atoms with Gasteiger partial charge in [0.15, 0.2) is 0 Å². The van der Waals surface area contributed by atoms with Crippen LogP contribution in [-0.2, 0) is 18.4 Å². The van der Waals surface area contributed by atoms with Crippen molar-refractivity contribution in [2.24, 2.45) is 0 Å². The molecule has 0 fully saturated rings. The summed E-state index contributed by atoms with van der Waals surface area (Å²) in [6, 6.07) is -0.872. The number of nitrogens with one attached hydrogen (secondary N) is 1. The van der Waals surface area contributed by atoms with Crippen molar-refractivity contribution in [1.82, 2.24) is 5.32 Å². The lowest BCUT2D eigenvalue weighted by Crippen LogP contribution is -2.45. The van der Waals surface area contributed by atoms with Gasteiger partial charge in [0.05, 0.1) is 39.9 Å². The van der Waals surface area contributed by atoms with Crippen LogP contribution in [-0.4, -0.2) is 73.4 Å². The topological polar surface area (TPSA) is 105 Å². The molecule has 0 rings (SSSR count). The Kier molecular flexibility index (Phi) is 42.6. The summed E-state index contributed by atoms with van der Waals surface area (Å²) in [5, 5.41) is 13.8. The normalized spacial score (nSPS) is 14.5. The van der Waals surface area contributed by atoms with Gasteiger partial charge in [0, 0.05) is 6.42 Å². The second-order valence-electron chi connectivity index (χ2n) is 18.5. The smallest absolute Gasteiger partial charge is 0.387 e. The molecule has 0 aliphatic rings. The standard InChI is InChI=1S/C52H99N2O6P/c1-6-8-10-12-14-16-18-20-22-24-25-26-27-28-29-30-32-34-36-38-40-42-44-46-52(56)53-50(49-60-61(57,58)59-48-47-54(3,4)5)51(55)45-43-41-39-37-35-33-31-23-21-19-17-15-13-11-9-7-2/h21,23,28-29,35,37,43,45,50-51,55H,6-20,22,24-27,30-34,36,38-42,44,46-49H2,1-5H3,(H-,53,56,57,58)/p+1/b23-21+,29-28-,37-35+,45-43+. The zero-order valence-corrected chi connectivity index (χ0v) is 41.5. The number of carbonyl (C=O) groups excluding carboxylic acids is 1. The summed E-state index contributed by atoms with van der Waals surface area (Å²) >= 11 is 0. The minimum absolute atomic E-state index is 0.0519. The maximum absolute atomic E-state index is 12.9. The summed E-state index contributed by atoms with van der Waals surface area (Å²) < 4.78 is 23.6. The Labute approximate surface area is 378 Å². The Morgan fingerprint density at radius 3 is 1.31 bits per heavy atom. The van der Waals surface area contributed by atoms with Crippen LogP contribution in [0.5, 0.6) is 0 Å². The molecule has 9 heteroatoms. The molecule has 0 heterocycles. The van der Waals surface area contributed by atoms with E-state index in [1.54, 1.807) is 6.08 Å². The van der Waals surface area contributed by atoms with E-state index in [1.165, 1.54) is 161 Å². The number of phosphoric ester groups is 1. The summed E-state index contributed by atoms with van der Waals surface area (Å²) in [6.45, 7) is 4.78. The Balaban J connectivity index is 4.34. The van der Waals surface area contributed by atoms with E-state index in [4.69, 9.17) is 9.05 Å². The lowest BCUT2D eigenvalue weighted by atomic mass is 10.0. The van der Waals surface area contributed by atoms with E-state index in [9.17, 15) is 19.4 Å². The highest BCUT2D eigenvalue weighted by atomic mass is 31.2.